The number of aromatic nitrogens is 2. The molecule has 2 rings (SSSR count). The summed E-state index contributed by atoms with van der Waals surface area (Å²) in [4.78, 5) is 18.8. The zero-order valence-corrected chi connectivity index (χ0v) is 20.0. The number of hydrogen-bond acceptors (Lipinski definition) is 4. The van der Waals surface area contributed by atoms with Gasteiger partial charge in [-0.1, -0.05) is 0 Å². The molecule has 0 aromatic carbocycles. The van der Waals surface area contributed by atoms with E-state index in [1.165, 1.54) is 11.3 Å². The predicted octanol–water partition coefficient (Wildman–Crippen LogP) is 2.92. The van der Waals surface area contributed by atoms with E-state index in [9.17, 15) is 4.79 Å². The lowest BCUT2D eigenvalue weighted by Gasteiger charge is -2.37. The van der Waals surface area contributed by atoms with Crippen LogP contribution in [0.15, 0.2) is 4.99 Å². The number of guanidine groups is 1. The van der Waals surface area contributed by atoms with Crippen molar-refractivity contribution in [3.63, 3.8) is 0 Å². The van der Waals surface area contributed by atoms with Gasteiger partial charge in [-0.05, 0) is 72.8 Å². The maximum atomic E-state index is 12.6. The molecule has 0 aliphatic carbocycles. The molecule has 8 nitrogen and oxygen atoms in total. The van der Waals surface area contributed by atoms with Crippen molar-refractivity contribution in [3.8, 4) is 0 Å². The summed E-state index contributed by atoms with van der Waals surface area (Å²) < 4.78 is 7.53. The number of aliphatic imine (C=N–C) groups is 1. The van der Waals surface area contributed by atoms with E-state index in [0.29, 0.717) is 6.54 Å². The normalized spacial score (nSPS) is 18.9. The molecule has 0 saturated carbocycles. The number of carbonyl (C=O) groups excluding carboxylic acids is 1. The van der Waals surface area contributed by atoms with Gasteiger partial charge < -0.3 is 20.3 Å². The summed E-state index contributed by atoms with van der Waals surface area (Å²) in [6.07, 6.45) is 3.75. The average molecular weight is 421 g/mol. The number of amides is 1. The SMILES string of the molecule is CN=C(NCC1CCCCN1C(=O)OC(C)(C)C)NC(C)Cc1c(C)nn(C)c1C. The number of rotatable bonds is 5. The van der Waals surface area contributed by atoms with Crippen LogP contribution in [0.1, 0.15) is 63.9 Å². The molecule has 8 heteroatoms. The summed E-state index contributed by atoms with van der Waals surface area (Å²) in [5.41, 5.74) is 3.06. The maximum Gasteiger partial charge on any atom is 0.410 e. The fraction of sp³-hybridized carbons (Fsp3) is 0.773. The lowest BCUT2D eigenvalue weighted by atomic mass is 10.0. The molecule has 0 bridgehead atoms. The third kappa shape index (κ3) is 6.64. The van der Waals surface area contributed by atoms with Crippen molar-refractivity contribution < 1.29 is 9.53 Å². The van der Waals surface area contributed by atoms with Crippen molar-refractivity contribution in [3.05, 3.63) is 17.0 Å². The molecule has 2 atom stereocenters. The second kappa shape index (κ2) is 10.2. The monoisotopic (exact) mass is 420 g/mol. The third-order valence-electron chi connectivity index (χ3n) is 5.54. The van der Waals surface area contributed by atoms with Crippen LogP contribution < -0.4 is 10.6 Å². The first-order valence-electron chi connectivity index (χ1n) is 11.0. The van der Waals surface area contributed by atoms with Gasteiger partial charge in [0.15, 0.2) is 5.96 Å². The minimum atomic E-state index is -0.484. The van der Waals surface area contributed by atoms with Crippen molar-refractivity contribution in [2.45, 2.75) is 84.9 Å². The van der Waals surface area contributed by atoms with Crippen LogP contribution in [0.25, 0.3) is 0 Å². The van der Waals surface area contributed by atoms with Crippen molar-refractivity contribution in [2.75, 3.05) is 20.1 Å². The van der Waals surface area contributed by atoms with E-state index in [4.69, 9.17) is 4.74 Å². The highest BCUT2D eigenvalue weighted by Gasteiger charge is 2.30. The Labute approximate surface area is 181 Å². The average Bonchev–Trinajstić information content (AvgIpc) is 2.90. The second-order valence-corrected chi connectivity index (χ2v) is 9.30. The van der Waals surface area contributed by atoms with E-state index in [1.54, 1.807) is 7.05 Å². The van der Waals surface area contributed by atoms with E-state index in [0.717, 1.165) is 43.9 Å². The summed E-state index contributed by atoms with van der Waals surface area (Å²) in [6.45, 7) is 13.4. The van der Waals surface area contributed by atoms with E-state index in [-0.39, 0.29) is 18.2 Å². The molecule has 170 valence electrons. The van der Waals surface area contributed by atoms with Gasteiger partial charge >= 0.3 is 6.09 Å². The molecule has 1 aromatic rings. The Hall–Kier alpha value is -2.25. The number of carbonyl (C=O) groups is 1. The van der Waals surface area contributed by atoms with Crippen LogP contribution in [0, 0.1) is 13.8 Å². The van der Waals surface area contributed by atoms with Crippen molar-refractivity contribution in [1.29, 1.82) is 0 Å². The molecule has 2 heterocycles. The summed E-state index contributed by atoms with van der Waals surface area (Å²) in [5, 5.41) is 11.4. The van der Waals surface area contributed by atoms with Gasteiger partial charge in [0.2, 0.25) is 0 Å². The van der Waals surface area contributed by atoms with Crippen LogP contribution in [0.3, 0.4) is 0 Å². The van der Waals surface area contributed by atoms with E-state index in [2.05, 4.69) is 41.5 Å². The Morgan fingerprint density at radius 3 is 2.60 bits per heavy atom. The van der Waals surface area contributed by atoms with Crippen molar-refractivity contribution >= 4 is 12.1 Å². The number of ether oxygens (including phenoxy) is 1. The maximum absolute atomic E-state index is 12.6. The highest BCUT2D eigenvalue weighted by atomic mass is 16.6. The van der Waals surface area contributed by atoms with Gasteiger partial charge in [0.05, 0.1) is 11.7 Å². The molecule has 1 aliphatic rings. The molecule has 1 aliphatic heterocycles. The fourth-order valence-corrected chi connectivity index (χ4v) is 3.89. The topological polar surface area (TPSA) is 83.8 Å². The third-order valence-corrected chi connectivity index (χ3v) is 5.54. The van der Waals surface area contributed by atoms with Crippen molar-refractivity contribution in [2.24, 2.45) is 12.0 Å². The zero-order chi connectivity index (χ0) is 22.5. The highest BCUT2D eigenvalue weighted by molar-refractivity contribution is 5.80. The first-order chi connectivity index (χ1) is 14.0. The van der Waals surface area contributed by atoms with Gasteiger partial charge in [-0.3, -0.25) is 9.67 Å². The largest absolute Gasteiger partial charge is 0.444 e. The minimum absolute atomic E-state index is 0.102. The van der Waals surface area contributed by atoms with Gasteiger partial charge in [-0.25, -0.2) is 4.79 Å². The van der Waals surface area contributed by atoms with E-state index in [1.807, 2.05) is 37.4 Å². The van der Waals surface area contributed by atoms with Gasteiger partial charge in [-0.15, -0.1) is 0 Å². The van der Waals surface area contributed by atoms with Crippen LogP contribution in [0.2, 0.25) is 0 Å². The van der Waals surface area contributed by atoms with Gasteiger partial charge in [-0.2, -0.15) is 5.10 Å². The lowest BCUT2D eigenvalue weighted by Crippen LogP contribution is -2.53. The zero-order valence-electron chi connectivity index (χ0n) is 20.0. The summed E-state index contributed by atoms with van der Waals surface area (Å²) in [7, 11) is 3.75. The van der Waals surface area contributed by atoms with Crippen LogP contribution in [-0.2, 0) is 18.2 Å². The van der Waals surface area contributed by atoms with Crippen LogP contribution in [0.4, 0.5) is 4.79 Å². The molecular weight excluding hydrogens is 380 g/mol. The molecule has 1 aromatic heterocycles. The molecule has 30 heavy (non-hydrogen) atoms. The summed E-state index contributed by atoms with van der Waals surface area (Å²) >= 11 is 0. The Morgan fingerprint density at radius 2 is 2.03 bits per heavy atom. The number of hydrogen-bond donors (Lipinski definition) is 2. The smallest absolute Gasteiger partial charge is 0.410 e. The Bertz CT molecular complexity index is 750. The minimum Gasteiger partial charge on any atom is -0.444 e. The van der Waals surface area contributed by atoms with E-state index < -0.39 is 5.60 Å². The number of nitrogens with zero attached hydrogens (tertiary/aromatic N) is 4. The van der Waals surface area contributed by atoms with Gasteiger partial charge in [0, 0.05) is 38.9 Å². The lowest BCUT2D eigenvalue weighted by molar-refractivity contribution is 0.0104. The molecule has 0 spiro atoms. The molecule has 1 amide bonds. The number of likely N-dealkylation sites (tertiary alicyclic amines) is 1. The van der Waals surface area contributed by atoms with Gasteiger partial charge in [0.1, 0.15) is 5.60 Å². The number of nitrogens with one attached hydrogen (secondary N) is 2. The van der Waals surface area contributed by atoms with Crippen LogP contribution in [0.5, 0.6) is 0 Å². The predicted molar refractivity (Wildman–Crippen MR) is 121 cm³/mol. The molecule has 1 saturated heterocycles. The molecule has 0 radical (unpaired) electrons. The molecule has 2 N–H and O–H groups in total. The first kappa shape index (κ1) is 24.0. The van der Waals surface area contributed by atoms with Crippen LogP contribution >= 0.6 is 0 Å². The van der Waals surface area contributed by atoms with Gasteiger partial charge in [0.25, 0.3) is 0 Å². The molecule has 2 unspecified atom stereocenters. The quantitative estimate of drug-likeness (QED) is 0.565. The first-order valence-corrected chi connectivity index (χ1v) is 11.0. The van der Waals surface area contributed by atoms with Crippen LogP contribution in [-0.4, -0.2) is 64.6 Å². The highest BCUT2D eigenvalue weighted by Crippen LogP contribution is 2.20. The standard InChI is InChI=1S/C22H40N6O2/c1-15(13-19-16(2)26-27(8)17(19)3)25-20(23-7)24-14-18-11-9-10-12-28(18)21(29)30-22(4,5)6/h15,18H,9-14H2,1-8H3,(H2,23,24,25). The molecule has 1 fully saturated rings. The van der Waals surface area contributed by atoms with E-state index >= 15 is 0 Å². The summed E-state index contributed by atoms with van der Waals surface area (Å²) in [5.74, 6) is 0.747. The fourth-order valence-electron chi connectivity index (χ4n) is 3.89. The molecular formula is C22H40N6O2. The summed E-state index contributed by atoms with van der Waals surface area (Å²) in [6, 6.07) is 0.302. The Kier molecular flexibility index (Phi) is 8.15. The Morgan fingerprint density at radius 1 is 1.33 bits per heavy atom. The number of aryl methyl sites for hydroxylation is 2. The second-order valence-electron chi connectivity index (χ2n) is 9.30. The Balaban J connectivity index is 1.92. The number of piperidine rings is 1. The van der Waals surface area contributed by atoms with Crippen molar-refractivity contribution in [1.82, 2.24) is 25.3 Å².